The Morgan fingerprint density at radius 1 is 1.00 bits per heavy atom. The first-order valence-electron chi connectivity index (χ1n) is 10.6. The van der Waals surface area contributed by atoms with Crippen molar-refractivity contribution >= 4 is 29.4 Å². The maximum Gasteiger partial charge on any atom is 0.327 e. The second-order valence-corrected chi connectivity index (χ2v) is 8.22. The van der Waals surface area contributed by atoms with Gasteiger partial charge < -0.3 is 15.0 Å². The smallest absolute Gasteiger partial charge is 0.327 e. The van der Waals surface area contributed by atoms with E-state index in [4.69, 9.17) is 16.3 Å². The van der Waals surface area contributed by atoms with Crippen molar-refractivity contribution in [2.45, 2.75) is 25.4 Å². The molecule has 2 aromatic rings. The lowest BCUT2D eigenvalue weighted by atomic mass is 10.0. The maximum atomic E-state index is 12.8. The molecular formula is C24H28ClN3O4. The zero-order valence-electron chi connectivity index (χ0n) is 18.3. The number of methoxy groups -OCH3 is 1. The number of rotatable bonds is 7. The fourth-order valence-electron chi connectivity index (χ4n) is 3.85. The summed E-state index contributed by atoms with van der Waals surface area (Å²) in [6, 6.07) is 15.2. The molecule has 1 aliphatic rings. The van der Waals surface area contributed by atoms with Gasteiger partial charge in [-0.05, 0) is 30.7 Å². The van der Waals surface area contributed by atoms with Crippen LogP contribution in [-0.2, 0) is 14.3 Å². The third-order valence-corrected chi connectivity index (χ3v) is 5.89. The van der Waals surface area contributed by atoms with Crippen LogP contribution in [0.5, 0.6) is 0 Å². The number of nitrogens with zero attached hydrogens (tertiary/aromatic N) is 2. The second-order valence-electron chi connectivity index (χ2n) is 7.81. The number of piperazine rings is 1. The number of amides is 2. The van der Waals surface area contributed by atoms with Gasteiger partial charge in [0.05, 0.1) is 7.11 Å². The lowest BCUT2D eigenvalue weighted by Gasteiger charge is -2.38. The van der Waals surface area contributed by atoms with Crippen LogP contribution in [0, 0.1) is 0 Å². The van der Waals surface area contributed by atoms with Crippen LogP contribution in [-0.4, -0.2) is 66.9 Å². The van der Waals surface area contributed by atoms with Gasteiger partial charge in [0.1, 0.15) is 6.04 Å². The van der Waals surface area contributed by atoms with Crippen molar-refractivity contribution in [3.05, 3.63) is 70.7 Å². The predicted octanol–water partition coefficient (Wildman–Crippen LogP) is 2.91. The monoisotopic (exact) mass is 457 g/mol. The molecule has 1 aliphatic heterocycles. The molecule has 2 amide bonds. The zero-order chi connectivity index (χ0) is 23.1. The van der Waals surface area contributed by atoms with E-state index in [1.54, 1.807) is 35.2 Å². The van der Waals surface area contributed by atoms with Gasteiger partial charge in [-0.15, -0.1) is 0 Å². The van der Waals surface area contributed by atoms with Crippen LogP contribution >= 0.6 is 11.6 Å². The molecule has 8 heteroatoms. The third kappa shape index (κ3) is 5.87. The molecule has 0 spiro atoms. The van der Waals surface area contributed by atoms with E-state index < -0.39 is 6.04 Å². The zero-order valence-corrected chi connectivity index (χ0v) is 19.0. The van der Waals surface area contributed by atoms with E-state index in [0.29, 0.717) is 42.3 Å². The molecule has 1 heterocycles. The molecule has 0 saturated carbocycles. The number of hydrogen-bond acceptors (Lipinski definition) is 5. The highest BCUT2D eigenvalue weighted by Crippen LogP contribution is 2.29. The Hall–Kier alpha value is -2.90. The Labute approximate surface area is 193 Å². The summed E-state index contributed by atoms with van der Waals surface area (Å²) in [5.74, 6) is -0.607. The first kappa shape index (κ1) is 23.8. The lowest BCUT2D eigenvalue weighted by molar-refractivity contribution is -0.148. The van der Waals surface area contributed by atoms with E-state index in [2.05, 4.69) is 5.32 Å². The van der Waals surface area contributed by atoms with Gasteiger partial charge in [-0.1, -0.05) is 48.0 Å². The average Bonchev–Trinajstić information content (AvgIpc) is 2.81. The molecule has 1 N–H and O–H groups in total. The summed E-state index contributed by atoms with van der Waals surface area (Å²) in [6.07, 6.45) is 0.212. The second kappa shape index (κ2) is 11.1. The van der Waals surface area contributed by atoms with Gasteiger partial charge in [0.15, 0.2) is 0 Å². The maximum absolute atomic E-state index is 12.8. The van der Waals surface area contributed by atoms with Gasteiger partial charge >= 0.3 is 5.97 Å². The number of benzene rings is 2. The Morgan fingerprint density at radius 2 is 1.62 bits per heavy atom. The van der Waals surface area contributed by atoms with Crippen molar-refractivity contribution in [1.29, 1.82) is 0 Å². The molecule has 0 bridgehead atoms. The summed E-state index contributed by atoms with van der Waals surface area (Å²) in [6.45, 7) is 3.81. The van der Waals surface area contributed by atoms with Crippen LogP contribution in [0.1, 0.15) is 35.3 Å². The molecule has 1 fully saturated rings. The summed E-state index contributed by atoms with van der Waals surface area (Å²) >= 11 is 6.33. The van der Waals surface area contributed by atoms with Gasteiger partial charge in [-0.2, -0.15) is 0 Å². The fourth-order valence-corrected chi connectivity index (χ4v) is 4.09. The molecule has 0 aromatic heterocycles. The average molecular weight is 458 g/mol. The van der Waals surface area contributed by atoms with Crippen molar-refractivity contribution in [1.82, 2.24) is 15.1 Å². The van der Waals surface area contributed by atoms with Crippen molar-refractivity contribution in [2.24, 2.45) is 0 Å². The fraction of sp³-hybridized carbons (Fsp3) is 0.375. The van der Waals surface area contributed by atoms with Crippen molar-refractivity contribution in [3.8, 4) is 0 Å². The number of esters is 1. The van der Waals surface area contributed by atoms with Crippen molar-refractivity contribution in [2.75, 3.05) is 33.3 Å². The van der Waals surface area contributed by atoms with Gasteiger partial charge in [-0.3, -0.25) is 14.5 Å². The molecule has 2 aromatic carbocycles. The molecule has 7 nitrogen and oxygen atoms in total. The first-order chi connectivity index (χ1) is 15.4. The number of hydrogen-bond donors (Lipinski definition) is 1. The van der Waals surface area contributed by atoms with Crippen LogP contribution in [0.15, 0.2) is 54.6 Å². The number of nitrogens with one attached hydrogen (secondary N) is 1. The predicted molar refractivity (Wildman–Crippen MR) is 122 cm³/mol. The molecule has 0 radical (unpaired) electrons. The van der Waals surface area contributed by atoms with Crippen LogP contribution in [0.3, 0.4) is 0 Å². The van der Waals surface area contributed by atoms with Gasteiger partial charge in [-0.25, -0.2) is 4.79 Å². The van der Waals surface area contributed by atoms with Gasteiger partial charge in [0, 0.05) is 49.2 Å². The molecule has 32 heavy (non-hydrogen) atoms. The minimum atomic E-state index is -0.616. The molecule has 1 saturated heterocycles. The third-order valence-electron chi connectivity index (χ3n) is 5.55. The van der Waals surface area contributed by atoms with E-state index in [0.717, 1.165) is 0 Å². The highest BCUT2D eigenvalue weighted by Gasteiger charge is 2.33. The summed E-state index contributed by atoms with van der Waals surface area (Å²) in [5, 5.41) is 3.37. The first-order valence-corrected chi connectivity index (χ1v) is 11.0. The highest BCUT2D eigenvalue weighted by atomic mass is 35.5. The molecule has 3 rings (SSSR count). The Kier molecular flexibility index (Phi) is 8.25. The number of carbonyl (C=O) groups is 3. The minimum Gasteiger partial charge on any atom is -0.468 e. The molecule has 0 aliphatic carbocycles. The normalized spacial score (nSPS) is 16.2. The van der Waals surface area contributed by atoms with Crippen LogP contribution in [0.25, 0.3) is 0 Å². The summed E-state index contributed by atoms with van der Waals surface area (Å²) in [7, 11) is 1.36. The van der Waals surface area contributed by atoms with Gasteiger partial charge in [0.2, 0.25) is 5.91 Å². The van der Waals surface area contributed by atoms with Crippen LogP contribution < -0.4 is 5.32 Å². The number of carbonyl (C=O) groups excluding carboxylic acids is 3. The Bertz CT molecular complexity index is 945. The van der Waals surface area contributed by atoms with Gasteiger partial charge in [0.25, 0.3) is 5.91 Å². The van der Waals surface area contributed by atoms with E-state index in [1.807, 2.05) is 36.1 Å². The van der Waals surface area contributed by atoms with Crippen molar-refractivity contribution < 1.29 is 19.1 Å². The largest absolute Gasteiger partial charge is 0.468 e. The summed E-state index contributed by atoms with van der Waals surface area (Å²) in [5.41, 5.74) is 1.26. The molecular weight excluding hydrogens is 430 g/mol. The minimum absolute atomic E-state index is 0.0297. The lowest BCUT2D eigenvalue weighted by Crippen LogP contribution is -2.52. The number of ether oxygens (including phenoxy) is 1. The van der Waals surface area contributed by atoms with E-state index >= 15 is 0 Å². The summed E-state index contributed by atoms with van der Waals surface area (Å²) in [4.78, 5) is 41.3. The quantitative estimate of drug-likeness (QED) is 0.647. The topological polar surface area (TPSA) is 79.0 Å². The Balaban J connectivity index is 1.56. The molecule has 170 valence electrons. The SMILES string of the molecule is COC(=O)C(c1ccccc1Cl)N1CCN(C(=O)CC(C)NC(=O)c2ccccc2)CC1. The molecule has 2 atom stereocenters. The Morgan fingerprint density at radius 3 is 2.25 bits per heavy atom. The van der Waals surface area contributed by atoms with Crippen LogP contribution in [0.4, 0.5) is 0 Å². The van der Waals surface area contributed by atoms with Crippen LogP contribution in [0.2, 0.25) is 5.02 Å². The van der Waals surface area contributed by atoms with E-state index in [1.165, 1.54) is 7.11 Å². The molecule has 2 unspecified atom stereocenters. The standard InChI is InChI=1S/C24H28ClN3O4/c1-17(26-23(30)18-8-4-3-5-9-18)16-21(29)27-12-14-28(15-13-27)22(24(31)32-2)19-10-6-7-11-20(19)25/h3-11,17,22H,12-16H2,1-2H3,(H,26,30). The number of halogens is 1. The van der Waals surface area contributed by atoms with E-state index in [-0.39, 0.29) is 30.2 Å². The highest BCUT2D eigenvalue weighted by molar-refractivity contribution is 6.31. The van der Waals surface area contributed by atoms with E-state index in [9.17, 15) is 14.4 Å². The van der Waals surface area contributed by atoms with Crippen molar-refractivity contribution in [3.63, 3.8) is 0 Å². The summed E-state index contributed by atoms with van der Waals surface area (Å²) < 4.78 is 5.02.